The normalized spacial score (nSPS) is 11.4. The number of sulfonamides is 1. The molecule has 140 valence electrons. The van der Waals surface area contributed by atoms with Gasteiger partial charge in [0.15, 0.2) is 5.69 Å². The minimum atomic E-state index is -4.26. The number of H-pyrrole nitrogens is 1. The van der Waals surface area contributed by atoms with Gasteiger partial charge in [-0.1, -0.05) is 29.8 Å². The molecule has 0 saturated carbocycles. The number of benzene rings is 2. The Morgan fingerprint density at radius 2 is 1.74 bits per heavy atom. The van der Waals surface area contributed by atoms with Gasteiger partial charge in [-0.3, -0.25) is 4.79 Å². The van der Waals surface area contributed by atoms with E-state index < -0.39 is 33.1 Å². The minimum Gasteiger partial charge on any atom is -0.341 e. The minimum absolute atomic E-state index is 0.0642. The zero-order chi connectivity index (χ0) is 19.8. The Hall–Kier alpha value is -2.78. The number of nitrogens with one attached hydrogen (secondary N) is 2. The Morgan fingerprint density at radius 3 is 2.37 bits per heavy atom. The van der Waals surface area contributed by atoms with Gasteiger partial charge in [-0.15, -0.1) is 0 Å². The molecule has 1 aromatic heterocycles. The summed E-state index contributed by atoms with van der Waals surface area (Å²) < 4.78 is 54.4. The number of aromatic amines is 1. The summed E-state index contributed by atoms with van der Waals surface area (Å²) in [6.07, 6.45) is 0. The lowest BCUT2D eigenvalue weighted by molar-refractivity contribution is 0.0976. The number of hydrogen-bond acceptors (Lipinski definition) is 4. The van der Waals surface area contributed by atoms with Crippen LogP contribution >= 0.6 is 11.6 Å². The van der Waals surface area contributed by atoms with Crippen LogP contribution in [0, 0.1) is 18.6 Å². The molecule has 6 nitrogen and oxygen atoms in total. The van der Waals surface area contributed by atoms with Crippen molar-refractivity contribution in [1.29, 1.82) is 0 Å². The highest BCUT2D eigenvalue weighted by atomic mass is 35.5. The number of amides is 1. The fourth-order valence-corrected chi connectivity index (χ4v) is 3.89. The summed E-state index contributed by atoms with van der Waals surface area (Å²) in [6, 6.07) is 8.85. The van der Waals surface area contributed by atoms with Crippen LogP contribution in [-0.2, 0) is 10.0 Å². The van der Waals surface area contributed by atoms with Crippen LogP contribution in [-0.4, -0.2) is 24.3 Å². The summed E-state index contributed by atoms with van der Waals surface area (Å²) in [5, 5.41) is -0.0642. The second-order valence-electron chi connectivity index (χ2n) is 5.52. The number of imidazole rings is 1. The highest BCUT2D eigenvalue weighted by Gasteiger charge is 2.25. The van der Waals surface area contributed by atoms with E-state index in [0.29, 0.717) is 0 Å². The molecule has 1 amide bonds. The van der Waals surface area contributed by atoms with Crippen molar-refractivity contribution < 1.29 is 22.0 Å². The molecule has 0 unspecified atom stereocenters. The lowest BCUT2D eigenvalue weighted by Crippen LogP contribution is -2.31. The number of hydrogen-bond donors (Lipinski definition) is 2. The third-order valence-corrected chi connectivity index (χ3v) is 5.48. The van der Waals surface area contributed by atoms with Gasteiger partial charge in [-0.25, -0.2) is 26.9 Å². The molecule has 27 heavy (non-hydrogen) atoms. The number of carbonyl (C=O) groups is 1. The number of carbonyl (C=O) groups excluding carboxylic acids is 1. The van der Waals surface area contributed by atoms with Gasteiger partial charge in [0.1, 0.15) is 22.4 Å². The molecular weight excluding hydrogens is 400 g/mol. The largest absolute Gasteiger partial charge is 0.341 e. The fourth-order valence-electron chi connectivity index (χ4n) is 2.41. The molecule has 0 aliphatic carbocycles. The van der Waals surface area contributed by atoms with Gasteiger partial charge in [-0.2, -0.15) is 0 Å². The second-order valence-corrected chi connectivity index (χ2v) is 7.58. The first-order valence-electron chi connectivity index (χ1n) is 7.53. The quantitative estimate of drug-likeness (QED) is 0.688. The van der Waals surface area contributed by atoms with Crippen LogP contribution in [0.1, 0.15) is 16.2 Å². The van der Waals surface area contributed by atoms with E-state index in [0.717, 1.165) is 12.1 Å². The van der Waals surface area contributed by atoms with Gasteiger partial charge in [0, 0.05) is 5.69 Å². The number of aryl methyl sites for hydroxylation is 1. The molecule has 0 spiro atoms. The summed E-state index contributed by atoms with van der Waals surface area (Å²) in [7, 11) is -4.26. The third-order valence-electron chi connectivity index (χ3n) is 3.65. The predicted octanol–water partition coefficient (Wildman–Crippen LogP) is 3.44. The van der Waals surface area contributed by atoms with Crippen molar-refractivity contribution in [3.8, 4) is 11.4 Å². The lowest BCUT2D eigenvalue weighted by atomic mass is 10.2. The van der Waals surface area contributed by atoms with E-state index in [1.54, 1.807) is 0 Å². The van der Waals surface area contributed by atoms with Crippen LogP contribution in [0.4, 0.5) is 8.78 Å². The molecule has 0 bridgehead atoms. The summed E-state index contributed by atoms with van der Waals surface area (Å²) in [4.78, 5) is 18.5. The number of nitrogens with zero attached hydrogens (tertiary/aromatic N) is 1. The first-order valence-corrected chi connectivity index (χ1v) is 9.39. The van der Waals surface area contributed by atoms with Crippen LogP contribution in [0.15, 0.2) is 47.4 Å². The molecule has 0 atom stereocenters. The van der Waals surface area contributed by atoms with Crippen molar-refractivity contribution in [3.05, 3.63) is 70.5 Å². The number of halogens is 3. The summed E-state index contributed by atoms with van der Waals surface area (Å²) in [5.74, 6) is -3.05. The molecule has 3 aromatic rings. The van der Waals surface area contributed by atoms with Gasteiger partial charge in [0.05, 0.1) is 10.6 Å². The van der Waals surface area contributed by atoms with Crippen molar-refractivity contribution in [2.24, 2.45) is 0 Å². The maximum atomic E-state index is 13.9. The van der Waals surface area contributed by atoms with Gasteiger partial charge in [-0.05, 0) is 31.2 Å². The Bertz CT molecular complexity index is 1130. The van der Waals surface area contributed by atoms with Crippen molar-refractivity contribution >= 4 is 27.5 Å². The van der Waals surface area contributed by atoms with E-state index in [4.69, 9.17) is 11.6 Å². The first kappa shape index (κ1) is 19.0. The van der Waals surface area contributed by atoms with Gasteiger partial charge in [0.2, 0.25) is 0 Å². The first-order chi connectivity index (χ1) is 12.7. The summed E-state index contributed by atoms with van der Waals surface area (Å²) in [5.41, 5.74) is -0.628. The Kier molecular flexibility index (Phi) is 4.99. The lowest BCUT2D eigenvalue weighted by Gasteiger charge is -2.07. The van der Waals surface area contributed by atoms with Crippen molar-refractivity contribution in [3.63, 3.8) is 0 Å². The van der Waals surface area contributed by atoms with Crippen LogP contribution in [0.3, 0.4) is 0 Å². The zero-order valence-corrected chi connectivity index (χ0v) is 15.3. The standard InChI is InChI=1S/C17H12ClF2N3O3S/c1-9-15(22-16(21-9)14-11(19)6-4-7-12(14)20)17(24)23-27(25,26)13-8-3-2-5-10(13)18/h2-8H,1H3,(H,21,22)(H,23,24). The average Bonchev–Trinajstić information content (AvgIpc) is 2.96. The van der Waals surface area contributed by atoms with Crippen LogP contribution in [0.2, 0.25) is 5.02 Å². The molecule has 1 heterocycles. The molecular formula is C17H12ClF2N3O3S. The molecule has 2 aromatic carbocycles. The molecule has 0 fully saturated rings. The molecule has 0 radical (unpaired) electrons. The van der Waals surface area contributed by atoms with Crippen LogP contribution in [0.25, 0.3) is 11.4 Å². The Morgan fingerprint density at radius 1 is 1.11 bits per heavy atom. The SMILES string of the molecule is Cc1[nH]c(-c2c(F)cccc2F)nc1C(=O)NS(=O)(=O)c1ccccc1Cl. The van der Waals surface area contributed by atoms with Crippen molar-refractivity contribution in [1.82, 2.24) is 14.7 Å². The molecule has 0 aliphatic heterocycles. The number of rotatable bonds is 4. The van der Waals surface area contributed by atoms with E-state index in [1.807, 2.05) is 4.72 Å². The molecule has 2 N–H and O–H groups in total. The third kappa shape index (κ3) is 3.69. The molecule has 10 heteroatoms. The predicted molar refractivity (Wildman–Crippen MR) is 94.8 cm³/mol. The van der Waals surface area contributed by atoms with E-state index in [2.05, 4.69) is 9.97 Å². The van der Waals surface area contributed by atoms with Crippen LogP contribution < -0.4 is 4.72 Å². The van der Waals surface area contributed by atoms with Crippen molar-refractivity contribution in [2.75, 3.05) is 0 Å². The highest BCUT2D eigenvalue weighted by Crippen LogP contribution is 2.25. The van der Waals surface area contributed by atoms with Crippen LogP contribution in [0.5, 0.6) is 0 Å². The molecule has 0 saturated heterocycles. The fraction of sp³-hybridized carbons (Fsp3) is 0.0588. The smallest absolute Gasteiger partial charge is 0.285 e. The summed E-state index contributed by atoms with van der Waals surface area (Å²) >= 11 is 5.85. The monoisotopic (exact) mass is 411 g/mol. The average molecular weight is 412 g/mol. The maximum Gasteiger partial charge on any atom is 0.285 e. The zero-order valence-electron chi connectivity index (χ0n) is 13.8. The van der Waals surface area contributed by atoms with Crippen molar-refractivity contribution in [2.45, 2.75) is 11.8 Å². The Balaban J connectivity index is 1.95. The maximum absolute atomic E-state index is 13.9. The summed E-state index contributed by atoms with van der Waals surface area (Å²) in [6.45, 7) is 1.42. The highest BCUT2D eigenvalue weighted by molar-refractivity contribution is 7.90. The number of aromatic nitrogens is 2. The second kappa shape index (κ2) is 7.09. The van der Waals surface area contributed by atoms with E-state index in [-0.39, 0.29) is 27.1 Å². The van der Waals surface area contributed by atoms with E-state index in [1.165, 1.54) is 37.3 Å². The topological polar surface area (TPSA) is 91.9 Å². The van der Waals surface area contributed by atoms with E-state index >= 15 is 0 Å². The Labute approximate surface area is 158 Å². The van der Waals surface area contributed by atoms with Gasteiger partial charge < -0.3 is 4.98 Å². The molecule has 3 rings (SSSR count). The molecule has 0 aliphatic rings. The van der Waals surface area contributed by atoms with Gasteiger partial charge in [0.25, 0.3) is 15.9 Å². The van der Waals surface area contributed by atoms with Gasteiger partial charge >= 0.3 is 0 Å². The van der Waals surface area contributed by atoms with E-state index in [9.17, 15) is 22.0 Å².